The molecule has 0 aromatic rings. The first-order chi connectivity index (χ1) is 9.20. The standard InChI is InChI=1S/C16H32BrNO/c1-3-4-5-6-7-8-9-12-16(19)18-13-10-11-15(2)14-17/h15H,3-14H2,1-2H3,(H,18,19). The lowest BCUT2D eigenvalue weighted by molar-refractivity contribution is -0.121. The lowest BCUT2D eigenvalue weighted by Gasteiger charge is -2.08. The number of unbranched alkanes of at least 4 members (excludes halogenated alkanes) is 6. The summed E-state index contributed by atoms with van der Waals surface area (Å²) in [5.41, 5.74) is 0. The van der Waals surface area contributed by atoms with Crippen molar-refractivity contribution in [1.82, 2.24) is 5.32 Å². The van der Waals surface area contributed by atoms with Gasteiger partial charge < -0.3 is 5.32 Å². The van der Waals surface area contributed by atoms with Gasteiger partial charge in [-0.1, -0.05) is 68.3 Å². The summed E-state index contributed by atoms with van der Waals surface area (Å²) in [6.45, 7) is 5.31. The summed E-state index contributed by atoms with van der Waals surface area (Å²) in [5, 5.41) is 4.07. The van der Waals surface area contributed by atoms with Crippen LogP contribution in [-0.2, 0) is 4.79 Å². The highest BCUT2D eigenvalue weighted by molar-refractivity contribution is 9.09. The van der Waals surface area contributed by atoms with Gasteiger partial charge in [0.25, 0.3) is 0 Å². The average Bonchev–Trinajstić information content (AvgIpc) is 2.42. The van der Waals surface area contributed by atoms with Crippen LogP contribution in [0.15, 0.2) is 0 Å². The first kappa shape index (κ1) is 18.9. The SMILES string of the molecule is CCCCCCCCCC(=O)NCCCC(C)CBr. The number of carbonyl (C=O) groups excluding carboxylic acids is 1. The highest BCUT2D eigenvalue weighted by atomic mass is 79.9. The van der Waals surface area contributed by atoms with E-state index in [0.717, 1.165) is 24.7 Å². The fourth-order valence-electron chi connectivity index (χ4n) is 2.09. The zero-order chi connectivity index (χ0) is 14.3. The molecule has 0 fully saturated rings. The van der Waals surface area contributed by atoms with Gasteiger partial charge >= 0.3 is 0 Å². The molecule has 3 heteroatoms. The van der Waals surface area contributed by atoms with Crippen LogP contribution in [0.5, 0.6) is 0 Å². The molecule has 0 radical (unpaired) electrons. The Bertz CT molecular complexity index is 209. The van der Waals surface area contributed by atoms with E-state index in [1.54, 1.807) is 0 Å². The van der Waals surface area contributed by atoms with Crippen LogP contribution >= 0.6 is 15.9 Å². The van der Waals surface area contributed by atoms with Crippen LogP contribution in [0.25, 0.3) is 0 Å². The molecule has 0 heterocycles. The third-order valence-electron chi connectivity index (χ3n) is 3.47. The van der Waals surface area contributed by atoms with Gasteiger partial charge in [-0.3, -0.25) is 4.79 Å². The molecule has 1 atom stereocenters. The molecule has 0 aliphatic rings. The Labute approximate surface area is 128 Å². The molecular weight excluding hydrogens is 302 g/mol. The van der Waals surface area contributed by atoms with Crippen molar-refractivity contribution in [2.45, 2.75) is 78.1 Å². The Hall–Kier alpha value is -0.0500. The van der Waals surface area contributed by atoms with E-state index in [9.17, 15) is 4.79 Å². The van der Waals surface area contributed by atoms with Crippen molar-refractivity contribution < 1.29 is 4.79 Å². The van der Waals surface area contributed by atoms with Crippen LogP contribution in [-0.4, -0.2) is 17.8 Å². The number of hydrogen-bond donors (Lipinski definition) is 1. The van der Waals surface area contributed by atoms with E-state index >= 15 is 0 Å². The van der Waals surface area contributed by atoms with Gasteiger partial charge in [-0.25, -0.2) is 0 Å². The maximum Gasteiger partial charge on any atom is 0.219 e. The highest BCUT2D eigenvalue weighted by Gasteiger charge is 2.02. The monoisotopic (exact) mass is 333 g/mol. The number of nitrogens with one attached hydrogen (secondary N) is 1. The molecule has 0 bridgehead atoms. The van der Waals surface area contributed by atoms with Crippen LogP contribution in [0, 0.1) is 5.92 Å². The van der Waals surface area contributed by atoms with Crippen LogP contribution in [0.1, 0.15) is 78.1 Å². The summed E-state index contributed by atoms with van der Waals surface area (Å²) in [4.78, 5) is 11.6. The van der Waals surface area contributed by atoms with Gasteiger partial charge in [0.2, 0.25) is 5.91 Å². The third-order valence-corrected chi connectivity index (χ3v) is 4.57. The molecule has 0 aliphatic carbocycles. The van der Waals surface area contributed by atoms with E-state index in [0.29, 0.717) is 12.3 Å². The maximum absolute atomic E-state index is 11.6. The summed E-state index contributed by atoms with van der Waals surface area (Å²) < 4.78 is 0. The number of amides is 1. The fourth-order valence-corrected chi connectivity index (χ4v) is 2.41. The number of halogens is 1. The zero-order valence-electron chi connectivity index (χ0n) is 12.8. The molecule has 19 heavy (non-hydrogen) atoms. The van der Waals surface area contributed by atoms with E-state index in [-0.39, 0.29) is 5.91 Å². The van der Waals surface area contributed by atoms with E-state index in [4.69, 9.17) is 0 Å². The summed E-state index contributed by atoms with van der Waals surface area (Å²) >= 11 is 3.47. The van der Waals surface area contributed by atoms with Crippen molar-refractivity contribution in [3.63, 3.8) is 0 Å². The van der Waals surface area contributed by atoms with Crippen LogP contribution in [0.3, 0.4) is 0 Å². The molecule has 1 unspecified atom stereocenters. The third kappa shape index (κ3) is 14.2. The van der Waals surface area contributed by atoms with Crippen molar-refractivity contribution in [2.24, 2.45) is 5.92 Å². The first-order valence-corrected chi connectivity index (χ1v) is 9.15. The Morgan fingerprint density at radius 1 is 1.05 bits per heavy atom. The molecule has 0 saturated heterocycles. The smallest absolute Gasteiger partial charge is 0.219 e. The molecule has 114 valence electrons. The average molecular weight is 334 g/mol. The predicted molar refractivity (Wildman–Crippen MR) is 87.8 cm³/mol. The van der Waals surface area contributed by atoms with Crippen LogP contribution in [0.2, 0.25) is 0 Å². The van der Waals surface area contributed by atoms with E-state index in [1.165, 1.54) is 44.9 Å². The van der Waals surface area contributed by atoms with E-state index in [1.807, 2.05) is 0 Å². The quantitative estimate of drug-likeness (QED) is 0.370. The Morgan fingerprint density at radius 3 is 2.32 bits per heavy atom. The maximum atomic E-state index is 11.6. The van der Waals surface area contributed by atoms with Crippen LogP contribution in [0.4, 0.5) is 0 Å². The lowest BCUT2D eigenvalue weighted by Crippen LogP contribution is -2.24. The van der Waals surface area contributed by atoms with Gasteiger partial charge in [0.1, 0.15) is 0 Å². The Kier molecular flexibility index (Phi) is 14.3. The van der Waals surface area contributed by atoms with Crippen molar-refractivity contribution in [3.05, 3.63) is 0 Å². The molecule has 1 amide bonds. The highest BCUT2D eigenvalue weighted by Crippen LogP contribution is 2.09. The molecule has 0 aromatic carbocycles. The molecule has 1 N–H and O–H groups in total. The van der Waals surface area contributed by atoms with Gasteiger partial charge in [0.05, 0.1) is 0 Å². The number of alkyl halides is 1. The molecule has 0 aliphatic heterocycles. The Balaban J connectivity index is 3.21. The lowest BCUT2D eigenvalue weighted by atomic mass is 10.1. The minimum Gasteiger partial charge on any atom is -0.356 e. The summed E-state index contributed by atoms with van der Waals surface area (Å²) in [5.74, 6) is 0.945. The molecule has 2 nitrogen and oxygen atoms in total. The molecule has 0 aromatic heterocycles. The van der Waals surface area contributed by atoms with Gasteiger partial charge in [-0.05, 0) is 25.2 Å². The summed E-state index contributed by atoms with van der Waals surface area (Å²) in [6.07, 6.45) is 11.9. The summed E-state index contributed by atoms with van der Waals surface area (Å²) in [7, 11) is 0. The number of hydrogen-bond acceptors (Lipinski definition) is 1. The molecular formula is C16H32BrNO. The van der Waals surface area contributed by atoms with E-state index < -0.39 is 0 Å². The van der Waals surface area contributed by atoms with E-state index in [2.05, 4.69) is 35.1 Å². The molecule has 0 saturated carbocycles. The Morgan fingerprint density at radius 2 is 1.68 bits per heavy atom. The number of rotatable bonds is 13. The van der Waals surface area contributed by atoms with Crippen molar-refractivity contribution in [3.8, 4) is 0 Å². The first-order valence-electron chi connectivity index (χ1n) is 8.03. The predicted octanol–water partition coefficient (Wildman–Crippen LogP) is 5.05. The minimum absolute atomic E-state index is 0.236. The molecule has 0 rings (SSSR count). The largest absolute Gasteiger partial charge is 0.356 e. The number of carbonyl (C=O) groups is 1. The normalized spacial score (nSPS) is 12.4. The van der Waals surface area contributed by atoms with Gasteiger partial charge in [0, 0.05) is 18.3 Å². The zero-order valence-corrected chi connectivity index (χ0v) is 14.4. The van der Waals surface area contributed by atoms with Gasteiger partial charge in [-0.15, -0.1) is 0 Å². The second-order valence-corrected chi connectivity index (χ2v) is 6.27. The second-order valence-electron chi connectivity index (χ2n) is 5.62. The van der Waals surface area contributed by atoms with Crippen molar-refractivity contribution in [2.75, 3.05) is 11.9 Å². The van der Waals surface area contributed by atoms with Crippen molar-refractivity contribution >= 4 is 21.8 Å². The van der Waals surface area contributed by atoms with Crippen LogP contribution < -0.4 is 5.32 Å². The van der Waals surface area contributed by atoms with Gasteiger partial charge in [-0.2, -0.15) is 0 Å². The summed E-state index contributed by atoms with van der Waals surface area (Å²) in [6, 6.07) is 0. The van der Waals surface area contributed by atoms with Gasteiger partial charge in [0.15, 0.2) is 0 Å². The minimum atomic E-state index is 0.236. The second kappa shape index (κ2) is 14.4. The molecule has 0 spiro atoms. The van der Waals surface area contributed by atoms with Crippen molar-refractivity contribution in [1.29, 1.82) is 0 Å². The fraction of sp³-hybridized carbons (Fsp3) is 0.938. The topological polar surface area (TPSA) is 29.1 Å².